The van der Waals surface area contributed by atoms with Crippen molar-refractivity contribution in [2.45, 2.75) is 32.6 Å². The molecule has 11 heavy (non-hydrogen) atoms. The Bertz CT molecular complexity index is 127. The smallest absolute Gasteiger partial charge is 0.0464 e. The zero-order valence-electron chi connectivity index (χ0n) is 7.29. The molecule has 1 nitrogen and oxygen atoms in total. The summed E-state index contributed by atoms with van der Waals surface area (Å²) in [6.45, 7) is 2.57. The van der Waals surface area contributed by atoms with E-state index in [2.05, 4.69) is 19.1 Å². The molecule has 1 aliphatic rings. The highest BCUT2D eigenvalue weighted by Gasteiger charge is 2.27. The zero-order valence-corrected chi connectivity index (χ0v) is 7.29. The molecular formula is C10H18O. The van der Waals surface area contributed by atoms with Gasteiger partial charge in [-0.2, -0.15) is 0 Å². The summed E-state index contributed by atoms with van der Waals surface area (Å²) in [5.74, 6) is 1.26. The predicted octanol–water partition coefficient (Wildman–Crippen LogP) is 2.36. The average Bonchev–Trinajstić information content (AvgIpc) is 1.97. The van der Waals surface area contributed by atoms with Crippen molar-refractivity contribution in [1.29, 1.82) is 0 Å². The average molecular weight is 154 g/mol. The van der Waals surface area contributed by atoms with Gasteiger partial charge < -0.3 is 5.11 Å². The number of hydrogen-bond acceptors (Lipinski definition) is 1. The maximum absolute atomic E-state index is 8.88. The molecule has 0 aliphatic heterocycles. The van der Waals surface area contributed by atoms with Gasteiger partial charge in [0.25, 0.3) is 0 Å². The summed E-state index contributed by atoms with van der Waals surface area (Å²) in [4.78, 5) is 0. The number of rotatable bonds is 4. The van der Waals surface area contributed by atoms with E-state index in [0.29, 0.717) is 18.4 Å². The highest BCUT2D eigenvalue weighted by Crippen LogP contribution is 2.34. The molecular weight excluding hydrogens is 136 g/mol. The summed E-state index contributed by atoms with van der Waals surface area (Å²) in [5, 5.41) is 8.88. The van der Waals surface area contributed by atoms with Gasteiger partial charge in [-0.3, -0.25) is 0 Å². The number of hydrogen-bond donors (Lipinski definition) is 1. The molecule has 0 saturated heterocycles. The third-order valence-electron chi connectivity index (χ3n) is 2.55. The molecule has 0 amide bonds. The Kier molecular flexibility index (Phi) is 3.64. The normalized spacial score (nSPS) is 30.7. The summed E-state index contributed by atoms with van der Waals surface area (Å²) in [6, 6.07) is 0. The molecule has 0 bridgehead atoms. The minimum Gasteiger partial charge on any atom is -0.396 e. The van der Waals surface area contributed by atoms with Crippen LogP contribution in [0.5, 0.6) is 0 Å². The second kappa shape index (κ2) is 4.55. The summed E-state index contributed by atoms with van der Waals surface area (Å²) in [6.07, 6.45) is 9.46. The first-order valence-electron chi connectivity index (χ1n) is 4.66. The zero-order chi connectivity index (χ0) is 8.10. The van der Waals surface area contributed by atoms with E-state index in [-0.39, 0.29) is 0 Å². The van der Waals surface area contributed by atoms with Crippen molar-refractivity contribution >= 4 is 0 Å². The van der Waals surface area contributed by atoms with Crippen molar-refractivity contribution in [2.75, 3.05) is 6.61 Å². The molecule has 0 spiro atoms. The van der Waals surface area contributed by atoms with Gasteiger partial charge in [0.05, 0.1) is 0 Å². The monoisotopic (exact) mass is 154 g/mol. The topological polar surface area (TPSA) is 20.2 Å². The fraction of sp³-hybridized carbons (Fsp3) is 0.800. The number of unbranched alkanes of at least 4 members (excludes halogenated alkanes) is 1. The maximum atomic E-state index is 8.88. The van der Waals surface area contributed by atoms with Crippen molar-refractivity contribution in [3.63, 3.8) is 0 Å². The molecule has 1 N–H and O–H groups in total. The number of aliphatic hydroxyl groups excluding tert-OH is 1. The van der Waals surface area contributed by atoms with Crippen LogP contribution in [0.15, 0.2) is 12.2 Å². The Balaban J connectivity index is 2.16. The third-order valence-corrected chi connectivity index (χ3v) is 2.55. The molecule has 0 aromatic heterocycles. The highest BCUT2D eigenvalue weighted by atomic mass is 16.3. The van der Waals surface area contributed by atoms with Gasteiger partial charge >= 0.3 is 0 Å². The first kappa shape index (κ1) is 8.79. The van der Waals surface area contributed by atoms with Gasteiger partial charge in [0.2, 0.25) is 0 Å². The Morgan fingerprint density at radius 3 is 2.73 bits per heavy atom. The predicted molar refractivity (Wildman–Crippen MR) is 47.3 cm³/mol. The van der Waals surface area contributed by atoms with Crippen LogP contribution in [0.25, 0.3) is 0 Å². The minimum atomic E-state index is 0.376. The quantitative estimate of drug-likeness (QED) is 0.616. The second-order valence-corrected chi connectivity index (χ2v) is 3.40. The minimum absolute atomic E-state index is 0.376. The van der Waals surface area contributed by atoms with Gasteiger partial charge in [0, 0.05) is 6.61 Å². The molecule has 1 heteroatoms. The summed E-state index contributed by atoms with van der Waals surface area (Å²) < 4.78 is 0. The summed E-state index contributed by atoms with van der Waals surface area (Å²) in [7, 11) is 0. The van der Waals surface area contributed by atoms with Crippen molar-refractivity contribution in [1.82, 2.24) is 0 Å². The van der Waals surface area contributed by atoms with E-state index >= 15 is 0 Å². The van der Waals surface area contributed by atoms with E-state index in [4.69, 9.17) is 5.11 Å². The third kappa shape index (κ3) is 2.33. The SMILES string of the molecule is CCC/C=C/[C@H]1CC[C@@H]1CO. The molecule has 1 fully saturated rings. The van der Waals surface area contributed by atoms with Gasteiger partial charge in [-0.1, -0.05) is 25.5 Å². The lowest BCUT2D eigenvalue weighted by atomic mass is 9.74. The van der Waals surface area contributed by atoms with E-state index < -0.39 is 0 Å². The Labute approximate surface area is 69.1 Å². The van der Waals surface area contributed by atoms with Gasteiger partial charge in [-0.15, -0.1) is 0 Å². The Morgan fingerprint density at radius 2 is 2.27 bits per heavy atom. The standard InChI is InChI=1S/C10H18O/c1-2-3-4-5-9-6-7-10(9)8-11/h4-5,9-11H,2-3,6-8H2,1H3/b5-4+/t9-,10+/m0/s1. The van der Waals surface area contributed by atoms with Crippen LogP contribution in [0.4, 0.5) is 0 Å². The van der Waals surface area contributed by atoms with Gasteiger partial charge in [-0.25, -0.2) is 0 Å². The second-order valence-electron chi connectivity index (χ2n) is 3.40. The van der Waals surface area contributed by atoms with Crippen LogP contribution < -0.4 is 0 Å². The van der Waals surface area contributed by atoms with Crippen LogP contribution in [-0.4, -0.2) is 11.7 Å². The molecule has 0 unspecified atom stereocenters. The lowest BCUT2D eigenvalue weighted by Crippen LogP contribution is -2.26. The van der Waals surface area contributed by atoms with E-state index in [1.54, 1.807) is 0 Å². The highest BCUT2D eigenvalue weighted by molar-refractivity contribution is 4.96. The van der Waals surface area contributed by atoms with Crippen molar-refractivity contribution < 1.29 is 5.11 Å². The van der Waals surface area contributed by atoms with E-state index in [0.717, 1.165) is 0 Å². The van der Waals surface area contributed by atoms with Crippen LogP contribution in [0.1, 0.15) is 32.6 Å². The van der Waals surface area contributed by atoms with Crippen LogP contribution >= 0.6 is 0 Å². The molecule has 1 rings (SSSR count). The Morgan fingerprint density at radius 1 is 1.45 bits per heavy atom. The van der Waals surface area contributed by atoms with Crippen molar-refractivity contribution in [3.05, 3.63) is 12.2 Å². The molecule has 1 saturated carbocycles. The molecule has 1 aliphatic carbocycles. The maximum Gasteiger partial charge on any atom is 0.0464 e. The molecule has 0 aromatic rings. The number of allylic oxidation sites excluding steroid dienone is 2. The molecule has 0 aromatic carbocycles. The van der Waals surface area contributed by atoms with Gasteiger partial charge in [0.1, 0.15) is 0 Å². The van der Waals surface area contributed by atoms with Crippen LogP contribution in [0, 0.1) is 11.8 Å². The summed E-state index contributed by atoms with van der Waals surface area (Å²) in [5.41, 5.74) is 0. The number of aliphatic hydroxyl groups is 1. The lowest BCUT2D eigenvalue weighted by molar-refractivity contribution is 0.119. The first-order valence-corrected chi connectivity index (χ1v) is 4.66. The van der Waals surface area contributed by atoms with Crippen molar-refractivity contribution in [2.24, 2.45) is 11.8 Å². The summed E-state index contributed by atoms with van der Waals surface area (Å²) >= 11 is 0. The molecule has 0 radical (unpaired) electrons. The Hall–Kier alpha value is -0.300. The van der Waals surface area contributed by atoms with Crippen LogP contribution in [0.2, 0.25) is 0 Å². The molecule has 2 atom stereocenters. The molecule has 0 heterocycles. The fourth-order valence-electron chi connectivity index (χ4n) is 1.51. The molecule has 64 valence electrons. The van der Waals surface area contributed by atoms with E-state index in [9.17, 15) is 0 Å². The first-order chi connectivity index (χ1) is 5.38. The lowest BCUT2D eigenvalue weighted by Gasteiger charge is -2.32. The largest absolute Gasteiger partial charge is 0.396 e. The van der Waals surface area contributed by atoms with Gasteiger partial charge in [-0.05, 0) is 31.1 Å². The van der Waals surface area contributed by atoms with E-state index in [1.807, 2.05) is 0 Å². The van der Waals surface area contributed by atoms with Gasteiger partial charge in [0.15, 0.2) is 0 Å². The van der Waals surface area contributed by atoms with Crippen molar-refractivity contribution in [3.8, 4) is 0 Å². The van der Waals surface area contributed by atoms with Crippen LogP contribution in [-0.2, 0) is 0 Å². The fourth-order valence-corrected chi connectivity index (χ4v) is 1.51. The van der Waals surface area contributed by atoms with Crippen LogP contribution in [0.3, 0.4) is 0 Å². The van der Waals surface area contributed by atoms with E-state index in [1.165, 1.54) is 25.7 Å².